The molecule has 100 valence electrons. The Morgan fingerprint density at radius 1 is 1.37 bits per heavy atom. The monoisotopic (exact) mass is 279 g/mol. The third-order valence-electron chi connectivity index (χ3n) is 2.54. The minimum atomic E-state index is -0.416. The number of non-ortho nitro benzene ring substituents is 1. The number of nitrogens with one attached hydrogen (secondary N) is 1. The molecule has 0 unspecified atom stereocenters. The van der Waals surface area contributed by atoms with Crippen molar-refractivity contribution in [1.29, 1.82) is 0 Å². The second-order valence-electron chi connectivity index (χ2n) is 3.82. The molecule has 1 heterocycles. The number of nitro benzene ring substituents is 1. The van der Waals surface area contributed by atoms with Gasteiger partial charge < -0.3 is 9.84 Å². The van der Waals surface area contributed by atoms with Crippen molar-refractivity contribution >= 4 is 23.1 Å². The first-order valence-electron chi connectivity index (χ1n) is 5.55. The molecule has 19 heavy (non-hydrogen) atoms. The lowest BCUT2D eigenvalue weighted by Crippen LogP contribution is -2.09. The summed E-state index contributed by atoms with van der Waals surface area (Å²) in [6, 6.07) is 8.29. The van der Waals surface area contributed by atoms with Crippen molar-refractivity contribution in [1.82, 2.24) is 0 Å². The van der Waals surface area contributed by atoms with E-state index in [1.165, 1.54) is 12.1 Å². The Hall–Kier alpha value is -1.99. The number of nitrogens with two attached hydrogens (primary N) is 1. The van der Waals surface area contributed by atoms with Gasteiger partial charge in [0.2, 0.25) is 0 Å². The number of nitro groups is 1. The predicted octanol–water partition coefficient (Wildman–Crippen LogP) is 2.91. The summed E-state index contributed by atoms with van der Waals surface area (Å²) >= 11 is 1.60. The van der Waals surface area contributed by atoms with Crippen LogP contribution in [0, 0.1) is 10.1 Å². The summed E-state index contributed by atoms with van der Waals surface area (Å²) in [7, 11) is 0. The van der Waals surface area contributed by atoms with E-state index in [1.807, 2.05) is 12.1 Å². The molecule has 2 rings (SSSR count). The SMILES string of the molecule is NNc1ccc([N+](=O)[O-])cc1CSCc1ccco1. The van der Waals surface area contributed by atoms with E-state index < -0.39 is 4.92 Å². The van der Waals surface area contributed by atoms with Gasteiger partial charge in [0, 0.05) is 17.9 Å². The fraction of sp³-hybridized carbons (Fsp3) is 0.167. The summed E-state index contributed by atoms with van der Waals surface area (Å²) in [6.45, 7) is 0. The highest BCUT2D eigenvalue weighted by atomic mass is 32.2. The maximum Gasteiger partial charge on any atom is 0.269 e. The minimum Gasteiger partial charge on any atom is -0.468 e. The quantitative estimate of drug-likeness (QED) is 0.479. The van der Waals surface area contributed by atoms with Gasteiger partial charge in [-0.15, -0.1) is 11.8 Å². The average molecular weight is 279 g/mol. The zero-order valence-electron chi connectivity index (χ0n) is 10.0. The molecule has 1 aromatic carbocycles. The van der Waals surface area contributed by atoms with Crippen LogP contribution >= 0.6 is 11.8 Å². The lowest BCUT2D eigenvalue weighted by atomic mass is 10.2. The lowest BCUT2D eigenvalue weighted by molar-refractivity contribution is -0.384. The van der Waals surface area contributed by atoms with Crippen LogP contribution < -0.4 is 11.3 Å². The zero-order valence-corrected chi connectivity index (χ0v) is 10.9. The molecule has 7 heteroatoms. The van der Waals surface area contributed by atoms with Crippen LogP contribution in [0.4, 0.5) is 11.4 Å². The standard InChI is InChI=1S/C12H13N3O3S/c13-14-12-4-3-10(15(16)17)6-9(12)7-19-8-11-2-1-5-18-11/h1-6,14H,7-8,13H2. The predicted molar refractivity (Wildman–Crippen MR) is 74.6 cm³/mol. The first-order valence-corrected chi connectivity index (χ1v) is 6.70. The van der Waals surface area contributed by atoms with Crippen molar-refractivity contribution in [2.45, 2.75) is 11.5 Å². The number of nitrogen functional groups attached to an aromatic ring is 1. The Kier molecular flexibility index (Phi) is 4.43. The molecule has 0 spiro atoms. The number of benzene rings is 1. The molecule has 0 bridgehead atoms. The molecule has 0 aliphatic heterocycles. The Morgan fingerprint density at radius 2 is 2.21 bits per heavy atom. The molecular weight excluding hydrogens is 266 g/mol. The van der Waals surface area contributed by atoms with E-state index in [1.54, 1.807) is 24.1 Å². The number of nitrogens with zero attached hydrogens (tertiary/aromatic N) is 1. The van der Waals surface area contributed by atoms with Gasteiger partial charge >= 0.3 is 0 Å². The average Bonchev–Trinajstić information content (AvgIpc) is 2.91. The first-order chi connectivity index (χ1) is 9.20. The molecule has 6 nitrogen and oxygen atoms in total. The normalized spacial score (nSPS) is 10.4. The van der Waals surface area contributed by atoms with Crippen LogP contribution in [-0.2, 0) is 11.5 Å². The van der Waals surface area contributed by atoms with Crippen molar-refractivity contribution in [2.24, 2.45) is 5.84 Å². The van der Waals surface area contributed by atoms with Crippen LogP contribution in [-0.4, -0.2) is 4.92 Å². The van der Waals surface area contributed by atoms with Gasteiger partial charge in [0.25, 0.3) is 5.69 Å². The van der Waals surface area contributed by atoms with Gasteiger partial charge in [-0.2, -0.15) is 0 Å². The molecule has 3 N–H and O–H groups in total. The van der Waals surface area contributed by atoms with Crippen molar-refractivity contribution in [3.63, 3.8) is 0 Å². The van der Waals surface area contributed by atoms with E-state index in [0.717, 1.165) is 11.3 Å². The highest BCUT2D eigenvalue weighted by Gasteiger charge is 2.10. The van der Waals surface area contributed by atoms with Crippen LogP contribution in [0.3, 0.4) is 0 Å². The largest absolute Gasteiger partial charge is 0.468 e. The van der Waals surface area contributed by atoms with E-state index in [0.29, 0.717) is 17.2 Å². The molecule has 0 aliphatic rings. The van der Waals surface area contributed by atoms with Crippen LogP contribution in [0.2, 0.25) is 0 Å². The van der Waals surface area contributed by atoms with Gasteiger partial charge in [-0.3, -0.25) is 16.0 Å². The number of hydrogen-bond acceptors (Lipinski definition) is 6. The topological polar surface area (TPSA) is 94.3 Å². The zero-order chi connectivity index (χ0) is 13.7. The summed E-state index contributed by atoms with van der Waals surface area (Å²) in [5.74, 6) is 7.59. The van der Waals surface area contributed by atoms with E-state index in [4.69, 9.17) is 10.3 Å². The Morgan fingerprint density at radius 3 is 2.84 bits per heavy atom. The maximum atomic E-state index is 10.7. The summed E-state index contributed by atoms with van der Waals surface area (Å²) in [5.41, 5.74) is 4.10. The number of thioether (sulfide) groups is 1. The molecule has 0 radical (unpaired) electrons. The number of anilines is 1. The number of furan rings is 1. The van der Waals surface area contributed by atoms with Crippen molar-refractivity contribution in [3.05, 3.63) is 58.0 Å². The molecule has 2 aromatic rings. The van der Waals surface area contributed by atoms with Crippen molar-refractivity contribution in [2.75, 3.05) is 5.43 Å². The Labute approximate surface area is 114 Å². The smallest absolute Gasteiger partial charge is 0.269 e. The third kappa shape index (κ3) is 3.49. The second-order valence-corrected chi connectivity index (χ2v) is 4.80. The number of hydrazine groups is 1. The fourth-order valence-corrected chi connectivity index (χ4v) is 2.54. The van der Waals surface area contributed by atoms with Gasteiger partial charge in [0.05, 0.1) is 22.6 Å². The van der Waals surface area contributed by atoms with E-state index in [9.17, 15) is 10.1 Å². The highest BCUT2D eigenvalue weighted by Crippen LogP contribution is 2.26. The van der Waals surface area contributed by atoms with Crippen molar-refractivity contribution in [3.8, 4) is 0 Å². The Bertz CT molecular complexity index is 557. The van der Waals surface area contributed by atoms with Crippen LogP contribution in [0.15, 0.2) is 41.0 Å². The first kappa shape index (κ1) is 13.4. The highest BCUT2D eigenvalue weighted by molar-refractivity contribution is 7.97. The fourth-order valence-electron chi connectivity index (χ4n) is 1.61. The molecule has 1 aromatic heterocycles. The molecule has 0 aliphatic carbocycles. The van der Waals surface area contributed by atoms with Gasteiger partial charge in [0.1, 0.15) is 5.76 Å². The lowest BCUT2D eigenvalue weighted by Gasteiger charge is -2.08. The van der Waals surface area contributed by atoms with E-state index in [-0.39, 0.29) is 5.69 Å². The summed E-state index contributed by atoms with van der Waals surface area (Å²) < 4.78 is 5.22. The van der Waals surface area contributed by atoms with Gasteiger partial charge in [-0.05, 0) is 23.8 Å². The maximum absolute atomic E-state index is 10.7. The van der Waals surface area contributed by atoms with Crippen LogP contribution in [0.5, 0.6) is 0 Å². The van der Waals surface area contributed by atoms with E-state index in [2.05, 4.69) is 5.43 Å². The molecular formula is C12H13N3O3S. The van der Waals surface area contributed by atoms with Gasteiger partial charge in [-0.1, -0.05) is 0 Å². The van der Waals surface area contributed by atoms with Crippen LogP contribution in [0.1, 0.15) is 11.3 Å². The molecule has 0 saturated heterocycles. The van der Waals surface area contributed by atoms with Crippen LogP contribution in [0.25, 0.3) is 0 Å². The van der Waals surface area contributed by atoms with Gasteiger partial charge in [0.15, 0.2) is 0 Å². The third-order valence-corrected chi connectivity index (χ3v) is 3.54. The molecule has 0 saturated carbocycles. The number of rotatable bonds is 6. The number of hydrogen-bond donors (Lipinski definition) is 2. The molecule has 0 atom stereocenters. The molecule has 0 fully saturated rings. The summed E-state index contributed by atoms with van der Waals surface area (Å²) in [4.78, 5) is 10.3. The minimum absolute atomic E-state index is 0.0626. The summed E-state index contributed by atoms with van der Waals surface area (Å²) in [6.07, 6.45) is 1.62. The van der Waals surface area contributed by atoms with Gasteiger partial charge in [-0.25, -0.2) is 0 Å². The second kappa shape index (κ2) is 6.26. The molecule has 0 amide bonds. The Balaban J connectivity index is 2.04. The van der Waals surface area contributed by atoms with Crippen molar-refractivity contribution < 1.29 is 9.34 Å². The van der Waals surface area contributed by atoms with E-state index >= 15 is 0 Å². The summed E-state index contributed by atoms with van der Waals surface area (Å²) in [5, 5.41) is 10.7.